The van der Waals surface area contributed by atoms with E-state index in [9.17, 15) is 4.79 Å². The number of nitrogens with zero attached hydrogens (tertiary/aromatic N) is 1. The zero-order chi connectivity index (χ0) is 14.7. The highest BCUT2D eigenvalue weighted by molar-refractivity contribution is 5.78. The van der Waals surface area contributed by atoms with Crippen molar-refractivity contribution in [2.45, 2.75) is 38.5 Å². The number of aryl methyl sites for hydroxylation is 2. The van der Waals surface area contributed by atoms with Gasteiger partial charge in [0.05, 0.1) is 13.0 Å². The van der Waals surface area contributed by atoms with Gasteiger partial charge < -0.3 is 9.64 Å². The van der Waals surface area contributed by atoms with Crippen LogP contribution in [0.1, 0.15) is 36.0 Å². The van der Waals surface area contributed by atoms with Crippen molar-refractivity contribution in [1.29, 1.82) is 0 Å². The van der Waals surface area contributed by atoms with Crippen LogP contribution in [-0.2, 0) is 28.8 Å². The molecule has 1 atom stereocenters. The summed E-state index contributed by atoms with van der Waals surface area (Å²) in [7, 11) is 1.92. The number of fused-ring (bicyclic) bond motifs is 1. The maximum absolute atomic E-state index is 12.4. The first-order valence-electron chi connectivity index (χ1n) is 8.15. The van der Waals surface area contributed by atoms with Gasteiger partial charge in [-0.1, -0.05) is 18.2 Å². The number of hydrogen-bond donors (Lipinski definition) is 0. The molecule has 1 amide bonds. The van der Waals surface area contributed by atoms with E-state index in [1.165, 1.54) is 36.8 Å². The van der Waals surface area contributed by atoms with Crippen molar-refractivity contribution in [2.75, 3.05) is 26.8 Å². The fourth-order valence-corrected chi connectivity index (χ4v) is 3.42. The molecule has 21 heavy (non-hydrogen) atoms. The lowest BCUT2D eigenvalue weighted by atomic mass is 9.90. The number of carbonyl (C=O) groups excluding carboxylic acids is 1. The van der Waals surface area contributed by atoms with Gasteiger partial charge in [0, 0.05) is 26.1 Å². The smallest absolute Gasteiger partial charge is 0.226 e. The van der Waals surface area contributed by atoms with Crippen molar-refractivity contribution in [2.24, 2.45) is 5.92 Å². The summed E-state index contributed by atoms with van der Waals surface area (Å²) >= 11 is 0. The summed E-state index contributed by atoms with van der Waals surface area (Å²) in [5.74, 6) is 0.736. The largest absolute Gasteiger partial charge is 0.381 e. The summed E-state index contributed by atoms with van der Waals surface area (Å²) in [5.41, 5.74) is 4.10. The van der Waals surface area contributed by atoms with Crippen LogP contribution < -0.4 is 0 Å². The molecule has 1 aliphatic heterocycles. The van der Waals surface area contributed by atoms with E-state index in [0.29, 0.717) is 12.3 Å². The lowest BCUT2D eigenvalue weighted by molar-refractivity contribution is -0.129. The minimum Gasteiger partial charge on any atom is -0.381 e. The first-order valence-corrected chi connectivity index (χ1v) is 8.15. The molecule has 0 spiro atoms. The van der Waals surface area contributed by atoms with Crippen molar-refractivity contribution >= 4 is 5.91 Å². The predicted octanol–water partition coefficient (Wildman–Crippen LogP) is 2.60. The standard InChI is InChI=1S/C18H25NO2/c1-19(12-15-8-9-21-13-15)18(20)11-14-6-7-16-4-2-3-5-17(16)10-14/h6-7,10,15H,2-5,8-9,11-13H2,1H3. The Morgan fingerprint density at radius 1 is 1.29 bits per heavy atom. The Morgan fingerprint density at radius 2 is 2.10 bits per heavy atom. The maximum atomic E-state index is 12.4. The van der Waals surface area contributed by atoms with Crippen LogP contribution in [0.4, 0.5) is 0 Å². The van der Waals surface area contributed by atoms with Crippen LogP contribution >= 0.6 is 0 Å². The molecule has 0 radical (unpaired) electrons. The average molecular weight is 287 g/mol. The van der Waals surface area contributed by atoms with Crippen molar-refractivity contribution in [1.82, 2.24) is 4.90 Å². The number of rotatable bonds is 4. The summed E-state index contributed by atoms with van der Waals surface area (Å²) < 4.78 is 5.38. The van der Waals surface area contributed by atoms with E-state index >= 15 is 0 Å². The molecule has 0 saturated carbocycles. The molecule has 0 aromatic heterocycles. The topological polar surface area (TPSA) is 29.5 Å². The molecule has 1 unspecified atom stereocenters. The van der Waals surface area contributed by atoms with E-state index in [4.69, 9.17) is 4.74 Å². The second-order valence-electron chi connectivity index (χ2n) is 6.49. The number of ether oxygens (including phenoxy) is 1. The third-order valence-electron chi connectivity index (χ3n) is 4.75. The quantitative estimate of drug-likeness (QED) is 0.852. The van der Waals surface area contributed by atoms with E-state index in [1.807, 2.05) is 11.9 Å². The monoisotopic (exact) mass is 287 g/mol. The van der Waals surface area contributed by atoms with E-state index in [1.54, 1.807) is 0 Å². The first kappa shape index (κ1) is 14.6. The molecule has 114 valence electrons. The van der Waals surface area contributed by atoms with E-state index < -0.39 is 0 Å². The molecule has 0 bridgehead atoms. The average Bonchev–Trinajstić information content (AvgIpc) is 3.00. The highest BCUT2D eigenvalue weighted by atomic mass is 16.5. The Labute approximate surface area is 127 Å². The van der Waals surface area contributed by atoms with Crippen LogP contribution in [0.3, 0.4) is 0 Å². The molecule has 3 nitrogen and oxygen atoms in total. The highest BCUT2D eigenvalue weighted by Crippen LogP contribution is 2.22. The Hall–Kier alpha value is -1.35. The van der Waals surface area contributed by atoms with Gasteiger partial charge in [-0.15, -0.1) is 0 Å². The zero-order valence-electron chi connectivity index (χ0n) is 12.9. The third kappa shape index (κ3) is 3.65. The van der Waals surface area contributed by atoms with Gasteiger partial charge in [-0.3, -0.25) is 4.79 Å². The van der Waals surface area contributed by atoms with E-state index in [2.05, 4.69) is 18.2 Å². The van der Waals surface area contributed by atoms with Gasteiger partial charge in [0.25, 0.3) is 0 Å². The molecule has 1 aliphatic carbocycles. The van der Waals surface area contributed by atoms with Crippen LogP contribution in [0.5, 0.6) is 0 Å². The Morgan fingerprint density at radius 3 is 2.86 bits per heavy atom. The van der Waals surface area contributed by atoms with Gasteiger partial charge in [0.15, 0.2) is 0 Å². The lowest BCUT2D eigenvalue weighted by Gasteiger charge is -2.21. The molecule has 1 aromatic rings. The van der Waals surface area contributed by atoms with Crippen LogP contribution in [0.15, 0.2) is 18.2 Å². The molecule has 3 rings (SSSR count). The van der Waals surface area contributed by atoms with Gasteiger partial charge in [0.1, 0.15) is 0 Å². The van der Waals surface area contributed by atoms with Crippen LogP contribution in [0, 0.1) is 5.92 Å². The van der Waals surface area contributed by atoms with Gasteiger partial charge in [-0.05, 0) is 48.8 Å². The summed E-state index contributed by atoms with van der Waals surface area (Å²) in [6, 6.07) is 6.61. The first-order chi connectivity index (χ1) is 10.2. The second-order valence-corrected chi connectivity index (χ2v) is 6.49. The van der Waals surface area contributed by atoms with Crippen LogP contribution in [-0.4, -0.2) is 37.6 Å². The van der Waals surface area contributed by atoms with Crippen molar-refractivity contribution in [3.05, 3.63) is 34.9 Å². The second kappa shape index (κ2) is 6.61. The zero-order valence-corrected chi connectivity index (χ0v) is 12.9. The van der Waals surface area contributed by atoms with Crippen LogP contribution in [0.25, 0.3) is 0 Å². The van der Waals surface area contributed by atoms with Crippen LogP contribution in [0.2, 0.25) is 0 Å². The fourth-order valence-electron chi connectivity index (χ4n) is 3.42. The normalized spacial score (nSPS) is 21.1. The predicted molar refractivity (Wildman–Crippen MR) is 83.4 cm³/mol. The van der Waals surface area contributed by atoms with Crippen molar-refractivity contribution < 1.29 is 9.53 Å². The molecule has 2 aliphatic rings. The van der Waals surface area contributed by atoms with Crippen molar-refractivity contribution in [3.63, 3.8) is 0 Å². The van der Waals surface area contributed by atoms with Crippen molar-refractivity contribution in [3.8, 4) is 0 Å². The lowest BCUT2D eigenvalue weighted by Crippen LogP contribution is -2.33. The Balaban J connectivity index is 1.58. The SMILES string of the molecule is CN(CC1CCOC1)C(=O)Cc1ccc2c(c1)CCCC2. The summed E-state index contributed by atoms with van der Waals surface area (Å²) in [6.45, 7) is 2.47. The van der Waals surface area contributed by atoms with E-state index in [-0.39, 0.29) is 5.91 Å². The van der Waals surface area contributed by atoms with Gasteiger partial charge >= 0.3 is 0 Å². The number of carbonyl (C=O) groups is 1. The fraction of sp³-hybridized carbons (Fsp3) is 0.611. The minimum absolute atomic E-state index is 0.220. The number of hydrogen-bond acceptors (Lipinski definition) is 2. The number of benzene rings is 1. The van der Waals surface area contributed by atoms with Gasteiger partial charge in [0.2, 0.25) is 5.91 Å². The van der Waals surface area contributed by atoms with Gasteiger partial charge in [-0.2, -0.15) is 0 Å². The number of likely N-dealkylation sites (N-methyl/N-ethyl adjacent to an activating group) is 1. The minimum atomic E-state index is 0.220. The van der Waals surface area contributed by atoms with Gasteiger partial charge in [-0.25, -0.2) is 0 Å². The highest BCUT2D eigenvalue weighted by Gasteiger charge is 2.20. The molecular formula is C18H25NO2. The molecule has 1 fully saturated rings. The maximum Gasteiger partial charge on any atom is 0.226 e. The van der Waals surface area contributed by atoms with E-state index in [0.717, 1.165) is 31.7 Å². The molecular weight excluding hydrogens is 262 g/mol. The number of amides is 1. The third-order valence-corrected chi connectivity index (χ3v) is 4.75. The Bertz CT molecular complexity index is 506. The molecule has 1 heterocycles. The molecule has 1 saturated heterocycles. The molecule has 0 N–H and O–H groups in total. The summed E-state index contributed by atoms with van der Waals surface area (Å²) in [6.07, 6.45) is 6.56. The summed E-state index contributed by atoms with van der Waals surface area (Å²) in [5, 5.41) is 0. The Kier molecular flexibility index (Phi) is 4.59. The molecule has 3 heteroatoms. The molecule has 1 aromatic carbocycles. The summed E-state index contributed by atoms with van der Waals surface area (Å²) in [4.78, 5) is 14.2.